The van der Waals surface area contributed by atoms with Gasteiger partial charge >= 0.3 is 0 Å². The van der Waals surface area contributed by atoms with Crippen LogP contribution in [0.4, 0.5) is 0 Å². The van der Waals surface area contributed by atoms with E-state index in [2.05, 4.69) is 9.97 Å². The van der Waals surface area contributed by atoms with Gasteiger partial charge in [0, 0.05) is 17.7 Å². The van der Waals surface area contributed by atoms with E-state index in [9.17, 15) is 0 Å². The van der Waals surface area contributed by atoms with Gasteiger partial charge in [-0.05, 0) is 36.6 Å². The molecule has 0 saturated carbocycles. The number of thioether (sulfide) groups is 1. The zero-order valence-corrected chi connectivity index (χ0v) is 11.8. The molecule has 0 saturated heterocycles. The zero-order chi connectivity index (χ0) is 13.0. The zero-order valence-electron chi connectivity index (χ0n) is 10.2. The van der Waals surface area contributed by atoms with Crippen molar-refractivity contribution in [2.75, 3.05) is 13.4 Å². The van der Waals surface area contributed by atoms with Gasteiger partial charge in [-0.2, -0.15) is 0 Å². The smallest absolute Gasteiger partial charge is 0.160 e. The van der Waals surface area contributed by atoms with E-state index in [4.69, 9.17) is 16.3 Å². The van der Waals surface area contributed by atoms with Crippen LogP contribution in [0.1, 0.15) is 5.69 Å². The molecule has 0 atom stereocenters. The molecule has 0 amide bonds. The quantitative estimate of drug-likeness (QED) is 0.632. The van der Waals surface area contributed by atoms with E-state index in [-0.39, 0.29) is 0 Å². The Balaban J connectivity index is 2.42. The Morgan fingerprint density at radius 2 is 1.94 bits per heavy atom. The molecule has 2 aromatic rings. The molecule has 3 nitrogen and oxygen atoms in total. The first kappa shape index (κ1) is 13.3. The number of nitrogens with zero attached hydrogens (tertiary/aromatic N) is 2. The summed E-state index contributed by atoms with van der Waals surface area (Å²) in [4.78, 5) is 8.97. The average molecular weight is 281 g/mol. The summed E-state index contributed by atoms with van der Waals surface area (Å²) in [7, 11) is 1.66. The van der Waals surface area contributed by atoms with Crippen molar-refractivity contribution in [3.8, 4) is 11.4 Å². The minimum absolute atomic E-state index is 0.483. The van der Waals surface area contributed by atoms with Crippen LogP contribution in [0.5, 0.6) is 0 Å². The van der Waals surface area contributed by atoms with Gasteiger partial charge in [-0.1, -0.05) is 11.6 Å². The highest BCUT2D eigenvalue weighted by Gasteiger charge is 2.06. The van der Waals surface area contributed by atoms with Crippen LogP contribution in [0.15, 0.2) is 35.4 Å². The molecule has 5 heteroatoms. The van der Waals surface area contributed by atoms with Gasteiger partial charge in [-0.25, -0.2) is 9.97 Å². The number of aromatic nitrogens is 2. The summed E-state index contributed by atoms with van der Waals surface area (Å²) >= 11 is 7.46. The van der Waals surface area contributed by atoms with Crippen molar-refractivity contribution >= 4 is 23.4 Å². The van der Waals surface area contributed by atoms with Crippen molar-refractivity contribution in [2.45, 2.75) is 11.6 Å². The SMILES string of the molecule is COCc1cc(SC)nc(-c2ccc(Cl)cc2)n1. The van der Waals surface area contributed by atoms with E-state index in [0.29, 0.717) is 17.5 Å². The van der Waals surface area contributed by atoms with E-state index >= 15 is 0 Å². The number of hydrogen-bond acceptors (Lipinski definition) is 4. The summed E-state index contributed by atoms with van der Waals surface area (Å²) in [6, 6.07) is 9.44. The average Bonchev–Trinajstić information content (AvgIpc) is 2.39. The number of rotatable bonds is 4. The highest BCUT2D eigenvalue weighted by Crippen LogP contribution is 2.22. The standard InChI is InChI=1S/C13H13ClN2OS/c1-17-8-11-7-12(18-2)16-13(15-11)9-3-5-10(14)6-4-9/h3-7H,8H2,1-2H3. The van der Waals surface area contributed by atoms with Crippen molar-refractivity contribution in [3.05, 3.63) is 41.0 Å². The topological polar surface area (TPSA) is 35.0 Å². The maximum atomic E-state index is 5.87. The summed E-state index contributed by atoms with van der Waals surface area (Å²) in [5.41, 5.74) is 1.83. The Morgan fingerprint density at radius 1 is 1.22 bits per heavy atom. The van der Waals surface area contributed by atoms with Crippen LogP contribution in [0.25, 0.3) is 11.4 Å². The van der Waals surface area contributed by atoms with Crippen LogP contribution >= 0.6 is 23.4 Å². The second-order valence-electron chi connectivity index (χ2n) is 3.67. The molecule has 0 N–H and O–H groups in total. The van der Waals surface area contributed by atoms with Crippen LogP contribution in [-0.2, 0) is 11.3 Å². The lowest BCUT2D eigenvalue weighted by Crippen LogP contribution is -1.98. The molecule has 0 spiro atoms. The van der Waals surface area contributed by atoms with Crippen molar-refractivity contribution < 1.29 is 4.74 Å². The lowest BCUT2D eigenvalue weighted by molar-refractivity contribution is 0.181. The number of halogens is 1. The van der Waals surface area contributed by atoms with Gasteiger partial charge in [0.05, 0.1) is 12.3 Å². The first-order chi connectivity index (χ1) is 8.72. The molecule has 1 aromatic carbocycles. The molecule has 0 aliphatic rings. The first-order valence-electron chi connectivity index (χ1n) is 5.39. The predicted molar refractivity (Wildman–Crippen MR) is 75.0 cm³/mol. The van der Waals surface area contributed by atoms with Crippen LogP contribution < -0.4 is 0 Å². The first-order valence-corrected chi connectivity index (χ1v) is 7.00. The van der Waals surface area contributed by atoms with Gasteiger partial charge < -0.3 is 4.74 Å². The van der Waals surface area contributed by atoms with Crippen molar-refractivity contribution in [2.24, 2.45) is 0 Å². The van der Waals surface area contributed by atoms with Crippen LogP contribution in [0.3, 0.4) is 0 Å². The lowest BCUT2D eigenvalue weighted by atomic mass is 10.2. The molecule has 18 heavy (non-hydrogen) atoms. The van der Waals surface area contributed by atoms with E-state index in [0.717, 1.165) is 16.3 Å². The normalized spacial score (nSPS) is 10.6. The van der Waals surface area contributed by atoms with Crippen molar-refractivity contribution in [1.29, 1.82) is 0 Å². The van der Waals surface area contributed by atoms with Crippen molar-refractivity contribution in [3.63, 3.8) is 0 Å². The molecule has 0 aliphatic carbocycles. The van der Waals surface area contributed by atoms with E-state index in [1.54, 1.807) is 18.9 Å². The molecule has 0 radical (unpaired) electrons. The maximum Gasteiger partial charge on any atom is 0.160 e. The number of hydrogen-bond donors (Lipinski definition) is 0. The highest BCUT2D eigenvalue weighted by molar-refractivity contribution is 7.98. The molecule has 0 unspecified atom stereocenters. The maximum absolute atomic E-state index is 5.87. The molecule has 0 bridgehead atoms. The monoisotopic (exact) mass is 280 g/mol. The molecule has 1 heterocycles. The fraction of sp³-hybridized carbons (Fsp3) is 0.231. The summed E-state index contributed by atoms with van der Waals surface area (Å²) in [5, 5.41) is 1.64. The minimum atomic E-state index is 0.483. The Kier molecular flexibility index (Phi) is 4.58. The van der Waals surface area contributed by atoms with Crippen molar-refractivity contribution in [1.82, 2.24) is 9.97 Å². The summed E-state index contributed by atoms with van der Waals surface area (Å²) in [5.74, 6) is 0.700. The fourth-order valence-electron chi connectivity index (χ4n) is 1.53. The van der Waals surface area contributed by atoms with Gasteiger partial charge in [0.25, 0.3) is 0 Å². The number of ether oxygens (including phenoxy) is 1. The Bertz CT molecular complexity index is 531. The third-order valence-corrected chi connectivity index (χ3v) is 3.24. The third kappa shape index (κ3) is 3.22. The second kappa shape index (κ2) is 6.18. The van der Waals surface area contributed by atoms with Crippen LogP contribution in [-0.4, -0.2) is 23.3 Å². The second-order valence-corrected chi connectivity index (χ2v) is 4.93. The Hall–Kier alpha value is -1.10. The predicted octanol–water partition coefficient (Wildman–Crippen LogP) is 3.67. The molecule has 1 aromatic heterocycles. The van der Waals surface area contributed by atoms with E-state index in [1.165, 1.54) is 0 Å². The highest BCUT2D eigenvalue weighted by atomic mass is 35.5. The van der Waals surface area contributed by atoms with E-state index < -0.39 is 0 Å². The van der Waals surface area contributed by atoms with Gasteiger partial charge in [0.2, 0.25) is 0 Å². The third-order valence-electron chi connectivity index (χ3n) is 2.36. The molecular weight excluding hydrogens is 268 g/mol. The number of methoxy groups -OCH3 is 1. The van der Waals surface area contributed by atoms with Gasteiger partial charge in [0.15, 0.2) is 5.82 Å². The molecular formula is C13H13ClN2OS. The fourth-order valence-corrected chi connectivity index (χ4v) is 2.08. The summed E-state index contributed by atoms with van der Waals surface area (Å²) in [6.07, 6.45) is 1.99. The van der Waals surface area contributed by atoms with E-state index in [1.807, 2.05) is 36.6 Å². The van der Waals surface area contributed by atoms with Crippen LogP contribution in [0.2, 0.25) is 5.02 Å². The van der Waals surface area contributed by atoms with Gasteiger partial charge in [-0.15, -0.1) is 11.8 Å². The molecule has 2 rings (SSSR count). The lowest BCUT2D eigenvalue weighted by Gasteiger charge is -2.06. The summed E-state index contributed by atoms with van der Waals surface area (Å²) in [6.45, 7) is 0.483. The van der Waals surface area contributed by atoms with Gasteiger partial charge in [0.1, 0.15) is 5.03 Å². The Morgan fingerprint density at radius 3 is 2.56 bits per heavy atom. The minimum Gasteiger partial charge on any atom is -0.378 e. The Labute approximate surface area is 116 Å². The molecule has 0 fully saturated rings. The molecule has 0 aliphatic heterocycles. The molecule has 94 valence electrons. The summed E-state index contributed by atoms with van der Waals surface area (Å²) < 4.78 is 5.12. The largest absolute Gasteiger partial charge is 0.378 e. The number of benzene rings is 1. The van der Waals surface area contributed by atoms with Gasteiger partial charge in [-0.3, -0.25) is 0 Å². The van der Waals surface area contributed by atoms with Crippen LogP contribution in [0, 0.1) is 0 Å².